The van der Waals surface area contributed by atoms with Gasteiger partial charge in [-0.3, -0.25) is 0 Å². The molecule has 1 aliphatic heterocycles. The van der Waals surface area contributed by atoms with Gasteiger partial charge in [0.15, 0.2) is 0 Å². The van der Waals surface area contributed by atoms with E-state index in [0.717, 1.165) is 36.9 Å². The van der Waals surface area contributed by atoms with Crippen molar-refractivity contribution in [2.24, 2.45) is 17.3 Å². The Hall–Kier alpha value is -1.72. The predicted molar refractivity (Wildman–Crippen MR) is 98.4 cm³/mol. The minimum atomic E-state index is -0.593. The van der Waals surface area contributed by atoms with Crippen LogP contribution in [-0.2, 0) is 0 Å². The molecular formula is C22H25FN2O2. The van der Waals surface area contributed by atoms with Crippen LogP contribution in [0.2, 0.25) is 0 Å². The van der Waals surface area contributed by atoms with Crippen LogP contribution in [0.5, 0.6) is 0 Å². The molecule has 2 aromatic rings. The standard InChI is InChI=1S/C22H25FN2O2/c23-16-3-1-2-15-18-10-24-12-25(18)17(20(15)16)5-19(26)21-6-13-4-14(7-21)9-22(27,8-13)11-21/h1-3,10,12-14,17,19,26-27H,4-9,11H2/t13?,14?,17-,19-,21?,22?/m0/s1. The minimum Gasteiger partial charge on any atom is -0.392 e. The second kappa shape index (κ2) is 5.21. The molecule has 1 aromatic carbocycles. The number of nitrogens with zero attached hydrogens (tertiary/aromatic N) is 2. The smallest absolute Gasteiger partial charge is 0.129 e. The van der Waals surface area contributed by atoms with E-state index in [-0.39, 0.29) is 17.3 Å². The molecule has 7 rings (SSSR count). The first-order valence-corrected chi connectivity index (χ1v) is 10.2. The fourth-order valence-corrected chi connectivity index (χ4v) is 7.37. The Kier molecular flexibility index (Phi) is 3.13. The van der Waals surface area contributed by atoms with Gasteiger partial charge in [-0.15, -0.1) is 0 Å². The van der Waals surface area contributed by atoms with Crippen molar-refractivity contribution in [2.45, 2.75) is 62.7 Å². The van der Waals surface area contributed by atoms with E-state index in [1.165, 1.54) is 12.5 Å². The number of hydrogen-bond donors (Lipinski definition) is 2. The van der Waals surface area contributed by atoms with Crippen LogP contribution in [0.15, 0.2) is 30.7 Å². The van der Waals surface area contributed by atoms with E-state index in [1.807, 2.05) is 10.6 Å². The quantitative estimate of drug-likeness (QED) is 0.869. The summed E-state index contributed by atoms with van der Waals surface area (Å²) in [4.78, 5) is 4.25. The molecule has 4 saturated carbocycles. The van der Waals surface area contributed by atoms with Gasteiger partial charge >= 0.3 is 0 Å². The van der Waals surface area contributed by atoms with Crippen LogP contribution < -0.4 is 0 Å². The van der Waals surface area contributed by atoms with Gasteiger partial charge in [0.2, 0.25) is 0 Å². The Morgan fingerprint density at radius 3 is 2.74 bits per heavy atom. The molecule has 0 amide bonds. The van der Waals surface area contributed by atoms with Crippen molar-refractivity contribution < 1.29 is 14.6 Å². The first-order valence-electron chi connectivity index (χ1n) is 10.2. The number of aliphatic hydroxyl groups excluding tert-OH is 1. The van der Waals surface area contributed by atoms with Crippen molar-refractivity contribution in [3.63, 3.8) is 0 Å². The molecule has 4 nitrogen and oxygen atoms in total. The van der Waals surface area contributed by atoms with Gasteiger partial charge in [-0.25, -0.2) is 9.37 Å². The zero-order chi connectivity index (χ0) is 18.4. The van der Waals surface area contributed by atoms with E-state index in [1.54, 1.807) is 18.6 Å². The van der Waals surface area contributed by atoms with Crippen LogP contribution in [0.1, 0.15) is 56.6 Å². The Morgan fingerprint density at radius 1 is 1.22 bits per heavy atom. The highest BCUT2D eigenvalue weighted by Gasteiger charge is 2.59. The van der Waals surface area contributed by atoms with E-state index in [2.05, 4.69) is 4.98 Å². The lowest BCUT2D eigenvalue weighted by Crippen LogP contribution is -2.59. The van der Waals surface area contributed by atoms with Gasteiger partial charge < -0.3 is 14.8 Å². The molecule has 0 saturated heterocycles. The Bertz CT molecular complexity index is 909. The van der Waals surface area contributed by atoms with E-state index >= 15 is 0 Å². The van der Waals surface area contributed by atoms with Crippen LogP contribution in [0.25, 0.3) is 11.3 Å². The summed E-state index contributed by atoms with van der Waals surface area (Å²) >= 11 is 0. The van der Waals surface area contributed by atoms with Crippen LogP contribution >= 0.6 is 0 Å². The molecule has 0 spiro atoms. The van der Waals surface area contributed by atoms with E-state index in [0.29, 0.717) is 30.2 Å². The van der Waals surface area contributed by atoms with Gasteiger partial charge in [0, 0.05) is 11.1 Å². The van der Waals surface area contributed by atoms with E-state index < -0.39 is 11.7 Å². The monoisotopic (exact) mass is 368 g/mol. The van der Waals surface area contributed by atoms with E-state index in [4.69, 9.17) is 0 Å². The second-order valence-corrected chi connectivity index (χ2v) is 9.70. The fraction of sp³-hybridized carbons (Fsp3) is 0.591. The number of halogens is 1. The first kappa shape index (κ1) is 16.3. The summed E-state index contributed by atoms with van der Waals surface area (Å²) in [7, 11) is 0. The highest BCUT2D eigenvalue weighted by atomic mass is 19.1. The highest BCUT2D eigenvalue weighted by molar-refractivity contribution is 5.69. The highest BCUT2D eigenvalue weighted by Crippen LogP contribution is 2.63. The fourth-order valence-electron chi connectivity index (χ4n) is 7.37. The third-order valence-corrected chi connectivity index (χ3v) is 7.89. The Labute approximate surface area is 158 Å². The van der Waals surface area contributed by atoms with Crippen LogP contribution in [-0.4, -0.2) is 31.5 Å². The van der Waals surface area contributed by atoms with Gasteiger partial charge in [0.25, 0.3) is 0 Å². The molecule has 4 aliphatic carbocycles. The Balaban J connectivity index is 1.36. The summed E-state index contributed by atoms with van der Waals surface area (Å²) < 4.78 is 16.7. The normalized spacial score (nSPS) is 39.4. The molecule has 142 valence electrons. The summed E-state index contributed by atoms with van der Waals surface area (Å²) in [6.45, 7) is 0. The molecule has 2 heterocycles. The number of benzene rings is 1. The molecular weight excluding hydrogens is 343 g/mol. The van der Waals surface area contributed by atoms with Crippen molar-refractivity contribution in [1.29, 1.82) is 0 Å². The first-order chi connectivity index (χ1) is 13.0. The number of rotatable bonds is 3. The van der Waals surface area contributed by atoms with Crippen molar-refractivity contribution in [2.75, 3.05) is 0 Å². The molecule has 27 heavy (non-hydrogen) atoms. The third-order valence-electron chi connectivity index (χ3n) is 7.89. The topological polar surface area (TPSA) is 58.3 Å². The lowest BCUT2D eigenvalue weighted by Gasteiger charge is -2.61. The van der Waals surface area contributed by atoms with Crippen LogP contribution in [0.4, 0.5) is 4.39 Å². The molecule has 2 unspecified atom stereocenters. The number of aliphatic hydroxyl groups is 2. The molecule has 4 bridgehead atoms. The molecule has 4 atom stereocenters. The summed E-state index contributed by atoms with van der Waals surface area (Å²) in [6.07, 6.45) is 9.15. The molecule has 5 aliphatic rings. The van der Waals surface area contributed by atoms with Crippen LogP contribution in [0.3, 0.4) is 0 Å². The predicted octanol–water partition coefficient (Wildman–Crippen LogP) is 3.67. The minimum absolute atomic E-state index is 0.211. The van der Waals surface area contributed by atoms with Crippen LogP contribution in [0, 0.1) is 23.1 Å². The molecule has 5 heteroatoms. The maximum atomic E-state index is 14.7. The summed E-state index contributed by atoms with van der Waals surface area (Å²) in [6, 6.07) is 4.95. The van der Waals surface area contributed by atoms with Gasteiger partial charge in [-0.05, 0) is 68.3 Å². The van der Waals surface area contributed by atoms with Gasteiger partial charge in [0.05, 0.1) is 36.0 Å². The summed E-state index contributed by atoms with van der Waals surface area (Å²) in [5.41, 5.74) is 1.68. The molecule has 2 N–H and O–H groups in total. The third kappa shape index (κ3) is 2.18. The van der Waals surface area contributed by atoms with Crippen molar-refractivity contribution in [3.8, 4) is 11.3 Å². The average Bonchev–Trinajstić information content (AvgIpc) is 3.16. The van der Waals surface area contributed by atoms with Crippen molar-refractivity contribution >= 4 is 0 Å². The number of aromatic nitrogens is 2. The van der Waals surface area contributed by atoms with Gasteiger partial charge in [-0.1, -0.05) is 12.1 Å². The second-order valence-electron chi connectivity index (χ2n) is 9.70. The van der Waals surface area contributed by atoms with E-state index in [9.17, 15) is 14.6 Å². The van der Waals surface area contributed by atoms with Crippen molar-refractivity contribution in [1.82, 2.24) is 9.55 Å². The van der Waals surface area contributed by atoms with Gasteiger partial charge in [0.1, 0.15) is 5.82 Å². The van der Waals surface area contributed by atoms with Gasteiger partial charge in [-0.2, -0.15) is 0 Å². The number of fused-ring (bicyclic) bond motifs is 3. The SMILES string of the molecule is O[C@@H](C[C@H]1c2c(F)cccc2-c2cncn21)C12CC3CC(CC(O)(C3)C1)C2. The zero-order valence-electron chi connectivity index (χ0n) is 15.3. The average molecular weight is 368 g/mol. The largest absolute Gasteiger partial charge is 0.392 e. The molecule has 4 fully saturated rings. The number of hydrogen-bond acceptors (Lipinski definition) is 3. The lowest BCUT2D eigenvalue weighted by atomic mass is 9.46. The number of imidazole rings is 1. The van der Waals surface area contributed by atoms with Crippen molar-refractivity contribution in [3.05, 3.63) is 42.1 Å². The zero-order valence-corrected chi connectivity index (χ0v) is 15.3. The summed E-state index contributed by atoms with van der Waals surface area (Å²) in [5, 5.41) is 22.4. The molecule has 0 radical (unpaired) electrons. The lowest BCUT2D eigenvalue weighted by molar-refractivity contribution is -0.197. The maximum Gasteiger partial charge on any atom is 0.129 e. The Morgan fingerprint density at radius 2 is 2.00 bits per heavy atom. The maximum absolute atomic E-state index is 14.7. The summed E-state index contributed by atoms with van der Waals surface area (Å²) in [5.74, 6) is 0.849. The molecule has 1 aromatic heterocycles.